The smallest absolute Gasteiger partial charge is 0.303 e. The molecule has 0 bridgehead atoms. The molecule has 0 aliphatic carbocycles. The van der Waals surface area contributed by atoms with Gasteiger partial charge in [-0.05, 0) is 44.8 Å². The molecule has 0 aliphatic heterocycles. The van der Waals surface area contributed by atoms with E-state index in [4.69, 9.17) is 10.5 Å². The summed E-state index contributed by atoms with van der Waals surface area (Å²) in [5.74, 6) is -0.395. The van der Waals surface area contributed by atoms with Crippen molar-refractivity contribution >= 4 is 38.5 Å². The van der Waals surface area contributed by atoms with Gasteiger partial charge in [0.2, 0.25) is 0 Å². The second-order valence-corrected chi connectivity index (χ2v) is 9.22. The normalized spacial score (nSPS) is 12.4. The van der Waals surface area contributed by atoms with Crippen LogP contribution in [0.3, 0.4) is 0 Å². The molecule has 0 saturated heterocycles. The van der Waals surface area contributed by atoms with Gasteiger partial charge in [-0.25, -0.2) is 0 Å². The maximum Gasteiger partial charge on any atom is 0.303 e. The standard InChI is InChI=1S/C29H24BrN3O2/c1-19(34)35-27(23-17-24-26(18-25(23)31)32-33-28(24)30)29(20-11-5-2-6-12-20,21-13-7-3-8-14-21)22-15-9-4-10-16-22/h2-18,27H,31H2,1H3,(H,32,33). The van der Waals surface area contributed by atoms with E-state index in [2.05, 4.69) is 62.5 Å². The second-order valence-electron chi connectivity index (χ2n) is 8.43. The van der Waals surface area contributed by atoms with Crippen LogP contribution >= 0.6 is 15.9 Å². The van der Waals surface area contributed by atoms with Crippen LogP contribution in [-0.2, 0) is 14.9 Å². The first kappa shape index (κ1) is 22.9. The van der Waals surface area contributed by atoms with Crippen LogP contribution in [0.2, 0.25) is 0 Å². The summed E-state index contributed by atoms with van der Waals surface area (Å²) < 4.78 is 6.98. The Morgan fingerprint density at radius 1 is 0.886 bits per heavy atom. The van der Waals surface area contributed by atoms with Gasteiger partial charge in [-0.2, -0.15) is 5.10 Å². The number of nitrogens with zero attached hydrogens (tertiary/aromatic N) is 1. The molecule has 6 heteroatoms. The number of H-pyrrole nitrogens is 1. The number of anilines is 1. The van der Waals surface area contributed by atoms with Gasteiger partial charge in [-0.3, -0.25) is 9.89 Å². The van der Waals surface area contributed by atoms with Crippen LogP contribution in [0.4, 0.5) is 5.69 Å². The monoisotopic (exact) mass is 525 g/mol. The number of benzene rings is 4. The van der Waals surface area contributed by atoms with Gasteiger partial charge in [0.25, 0.3) is 0 Å². The molecule has 1 heterocycles. The molecule has 174 valence electrons. The van der Waals surface area contributed by atoms with Crippen LogP contribution in [0.1, 0.15) is 35.3 Å². The van der Waals surface area contributed by atoms with E-state index in [9.17, 15) is 4.79 Å². The molecule has 5 nitrogen and oxygen atoms in total. The van der Waals surface area contributed by atoms with Crippen LogP contribution < -0.4 is 5.73 Å². The molecule has 0 amide bonds. The highest BCUT2D eigenvalue weighted by Crippen LogP contribution is 2.52. The first-order chi connectivity index (χ1) is 17.0. The number of nitrogens with one attached hydrogen (secondary N) is 1. The van der Waals surface area contributed by atoms with Gasteiger partial charge in [-0.1, -0.05) is 91.0 Å². The van der Waals surface area contributed by atoms with Crippen molar-refractivity contribution in [2.45, 2.75) is 18.4 Å². The molecule has 0 saturated carbocycles. The lowest BCUT2D eigenvalue weighted by Gasteiger charge is -2.42. The summed E-state index contributed by atoms with van der Waals surface area (Å²) in [4.78, 5) is 12.7. The van der Waals surface area contributed by atoms with E-state index in [1.54, 1.807) is 0 Å². The summed E-state index contributed by atoms with van der Waals surface area (Å²) in [6, 6.07) is 34.1. The lowest BCUT2D eigenvalue weighted by Crippen LogP contribution is -2.39. The van der Waals surface area contributed by atoms with Crippen molar-refractivity contribution in [3.63, 3.8) is 0 Å². The van der Waals surface area contributed by atoms with E-state index in [-0.39, 0.29) is 0 Å². The Morgan fingerprint density at radius 2 is 1.37 bits per heavy atom. The summed E-state index contributed by atoms with van der Waals surface area (Å²) in [6.45, 7) is 1.43. The number of aromatic amines is 1. The average Bonchev–Trinajstić information content (AvgIpc) is 3.24. The summed E-state index contributed by atoms with van der Waals surface area (Å²) in [5.41, 5.74) is 10.6. The topological polar surface area (TPSA) is 81.0 Å². The molecule has 35 heavy (non-hydrogen) atoms. The molecule has 3 N–H and O–H groups in total. The minimum absolute atomic E-state index is 0.395. The maximum atomic E-state index is 12.7. The minimum Gasteiger partial charge on any atom is -0.456 e. The highest BCUT2D eigenvalue weighted by atomic mass is 79.9. The zero-order chi connectivity index (χ0) is 24.4. The van der Waals surface area contributed by atoms with Crippen molar-refractivity contribution in [3.05, 3.63) is 130 Å². The molecule has 4 aromatic carbocycles. The molecule has 0 aliphatic rings. The number of esters is 1. The van der Waals surface area contributed by atoms with Gasteiger partial charge in [0.15, 0.2) is 0 Å². The Hall–Kier alpha value is -3.90. The van der Waals surface area contributed by atoms with Gasteiger partial charge in [0, 0.05) is 23.6 Å². The summed E-state index contributed by atoms with van der Waals surface area (Å²) in [6.07, 6.45) is -0.765. The predicted molar refractivity (Wildman–Crippen MR) is 142 cm³/mol. The molecular formula is C29H24BrN3O2. The van der Waals surface area contributed by atoms with Crippen molar-refractivity contribution in [2.75, 3.05) is 5.73 Å². The Labute approximate surface area is 212 Å². The number of nitrogen functional groups attached to an aromatic ring is 1. The predicted octanol–water partition coefficient (Wildman–Crippen LogP) is 6.55. The maximum absolute atomic E-state index is 12.7. The van der Waals surface area contributed by atoms with Crippen LogP contribution in [0, 0.1) is 0 Å². The van der Waals surface area contributed by atoms with Crippen molar-refractivity contribution in [2.24, 2.45) is 0 Å². The van der Waals surface area contributed by atoms with Crippen molar-refractivity contribution in [1.82, 2.24) is 10.2 Å². The highest BCUT2D eigenvalue weighted by molar-refractivity contribution is 9.10. The number of ether oxygens (including phenoxy) is 1. The van der Waals surface area contributed by atoms with Crippen LogP contribution in [-0.4, -0.2) is 16.2 Å². The minimum atomic E-state index is -0.881. The van der Waals surface area contributed by atoms with E-state index < -0.39 is 17.5 Å². The molecule has 0 spiro atoms. The lowest BCUT2D eigenvalue weighted by molar-refractivity contribution is -0.149. The lowest BCUT2D eigenvalue weighted by atomic mass is 9.64. The number of hydrogen-bond acceptors (Lipinski definition) is 4. The zero-order valence-electron chi connectivity index (χ0n) is 19.1. The zero-order valence-corrected chi connectivity index (χ0v) is 20.7. The summed E-state index contributed by atoms with van der Waals surface area (Å²) in [5, 5.41) is 8.12. The molecule has 1 aromatic heterocycles. The molecule has 1 unspecified atom stereocenters. The van der Waals surface area contributed by atoms with E-state index in [0.717, 1.165) is 32.2 Å². The van der Waals surface area contributed by atoms with E-state index in [1.807, 2.05) is 66.7 Å². The molecule has 5 rings (SSSR count). The van der Waals surface area contributed by atoms with Gasteiger partial charge >= 0.3 is 5.97 Å². The SMILES string of the molecule is CC(=O)OC(c1cc2c(Br)[nH]nc2cc1N)C(c1ccccc1)(c1ccccc1)c1ccccc1. The fourth-order valence-corrected chi connectivity index (χ4v) is 5.30. The Balaban J connectivity index is 1.92. The fraction of sp³-hybridized carbons (Fsp3) is 0.103. The highest BCUT2D eigenvalue weighted by Gasteiger charge is 2.47. The van der Waals surface area contributed by atoms with Crippen molar-refractivity contribution < 1.29 is 9.53 Å². The first-order valence-electron chi connectivity index (χ1n) is 11.3. The third kappa shape index (κ3) is 4.00. The number of carbonyl (C=O) groups is 1. The number of halogens is 1. The van der Waals surface area contributed by atoms with Crippen LogP contribution in [0.25, 0.3) is 10.9 Å². The number of nitrogens with two attached hydrogens (primary N) is 1. The van der Waals surface area contributed by atoms with E-state index in [1.165, 1.54) is 6.92 Å². The van der Waals surface area contributed by atoms with Gasteiger partial charge in [0.1, 0.15) is 10.7 Å². The van der Waals surface area contributed by atoms with Crippen molar-refractivity contribution in [1.29, 1.82) is 0 Å². The Morgan fingerprint density at radius 3 is 1.83 bits per heavy atom. The van der Waals surface area contributed by atoms with Gasteiger partial charge in [0.05, 0.1) is 10.9 Å². The third-order valence-electron chi connectivity index (χ3n) is 6.36. The molecule has 1 atom stereocenters. The fourth-order valence-electron chi connectivity index (χ4n) is 4.89. The number of fused-ring (bicyclic) bond motifs is 1. The first-order valence-corrected chi connectivity index (χ1v) is 12.1. The number of aromatic nitrogens is 2. The molecule has 0 radical (unpaired) electrons. The van der Waals surface area contributed by atoms with Crippen LogP contribution in [0.15, 0.2) is 108 Å². The van der Waals surface area contributed by atoms with Gasteiger partial charge < -0.3 is 10.5 Å². The summed E-state index contributed by atoms with van der Waals surface area (Å²) >= 11 is 3.54. The molecule has 5 aromatic rings. The number of rotatable bonds is 6. The second kappa shape index (κ2) is 9.39. The van der Waals surface area contributed by atoms with E-state index >= 15 is 0 Å². The summed E-state index contributed by atoms with van der Waals surface area (Å²) in [7, 11) is 0. The quantitative estimate of drug-likeness (QED) is 0.149. The van der Waals surface area contributed by atoms with Gasteiger partial charge in [-0.15, -0.1) is 0 Å². The molecule has 0 fully saturated rings. The Bertz CT molecular complexity index is 1370. The van der Waals surface area contributed by atoms with Crippen molar-refractivity contribution in [3.8, 4) is 0 Å². The average molecular weight is 526 g/mol. The molecular weight excluding hydrogens is 502 g/mol. The Kier molecular flexibility index (Phi) is 6.14. The van der Waals surface area contributed by atoms with E-state index in [0.29, 0.717) is 11.3 Å². The number of carbonyl (C=O) groups excluding carboxylic acids is 1. The van der Waals surface area contributed by atoms with Crippen LogP contribution in [0.5, 0.6) is 0 Å². The largest absolute Gasteiger partial charge is 0.456 e. The third-order valence-corrected chi connectivity index (χ3v) is 6.96. The number of hydrogen-bond donors (Lipinski definition) is 2.